The minimum atomic E-state index is -0.125. The van der Waals surface area contributed by atoms with Gasteiger partial charge in [-0.2, -0.15) is 0 Å². The van der Waals surface area contributed by atoms with Gasteiger partial charge >= 0.3 is 0 Å². The van der Waals surface area contributed by atoms with Gasteiger partial charge < -0.3 is 9.88 Å². The topological polar surface area (TPSA) is 61.3 Å². The summed E-state index contributed by atoms with van der Waals surface area (Å²) in [5.41, 5.74) is 3.69. The number of aromatic nitrogens is 2. The van der Waals surface area contributed by atoms with E-state index in [4.69, 9.17) is 12.2 Å². The molecule has 6 nitrogen and oxygen atoms in total. The number of piperazine rings is 1. The van der Waals surface area contributed by atoms with E-state index in [1.807, 2.05) is 11.8 Å². The van der Waals surface area contributed by atoms with Gasteiger partial charge in [-0.25, -0.2) is 0 Å². The third-order valence-electron chi connectivity index (χ3n) is 5.86. The standard InChI is InChI=1S/C23H26N4O2S/c1-3-27-22(29)19-9-8-17(14-20(19)24-23(27)30)21(28)26-12-10-25(11-13-26)15-18-7-5-4-6-16(18)2/h4-9,14H,3,10-13,15H2,1-2H3,(H,24,30). The second kappa shape index (κ2) is 8.53. The van der Waals surface area contributed by atoms with Crippen LogP contribution in [0.1, 0.15) is 28.4 Å². The Bertz CT molecular complexity index is 1210. The van der Waals surface area contributed by atoms with Crippen LogP contribution in [0.4, 0.5) is 0 Å². The van der Waals surface area contributed by atoms with Gasteiger partial charge in [0.1, 0.15) is 0 Å². The number of fused-ring (bicyclic) bond motifs is 1. The van der Waals surface area contributed by atoms with Crippen molar-refractivity contribution in [1.29, 1.82) is 0 Å². The van der Waals surface area contributed by atoms with Crippen LogP contribution in [-0.4, -0.2) is 51.4 Å². The normalized spacial score (nSPS) is 14.9. The zero-order chi connectivity index (χ0) is 21.3. The Morgan fingerprint density at radius 1 is 1.10 bits per heavy atom. The van der Waals surface area contributed by atoms with Crippen molar-refractivity contribution in [1.82, 2.24) is 19.4 Å². The molecule has 0 spiro atoms. The number of rotatable bonds is 4. The van der Waals surface area contributed by atoms with Crippen molar-refractivity contribution in [2.24, 2.45) is 0 Å². The smallest absolute Gasteiger partial charge is 0.262 e. The fraction of sp³-hybridized carbons (Fsp3) is 0.348. The zero-order valence-corrected chi connectivity index (χ0v) is 18.2. The molecule has 1 saturated heterocycles. The quantitative estimate of drug-likeness (QED) is 0.655. The Labute approximate surface area is 180 Å². The predicted molar refractivity (Wildman–Crippen MR) is 121 cm³/mol. The summed E-state index contributed by atoms with van der Waals surface area (Å²) in [7, 11) is 0. The maximum atomic E-state index is 13.0. The number of aromatic amines is 1. The molecule has 1 amide bonds. The van der Waals surface area contributed by atoms with Gasteiger partial charge in [-0.15, -0.1) is 0 Å². The summed E-state index contributed by atoms with van der Waals surface area (Å²) in [4.78, 5) is 32.9. The number of nitrogens with zero attached hydrogens (tertiary/aromatic N) is 3. The van der Waals surface area contributed by atoms with Gasteiger partial charge in [0.05, 0.1) is 10.9 Å². The predicted octanol–water partition coefficient (Wildman–Crippen LogP) is 3.35. The van der Waals surface area contributed by atoms with Crippen molar-refractivity contribution in [3.8, 4) is 0 Å². The Morgan fingerprint density at radius 2 is 1.83 bits per heavy atom. The fourth-order valence-corrected chi connectivity index (χ4v) is 4.32. The molecule has 3 aromatic rings. The minimum absolute atomic E-state index is 0.00794. The van der Waals surface area contributed by atoms with Crippen LogP contribution in [-0.2, 0) is 13.1 Å². The fourth-order valence-electron chi connectivity index (χ4n) is 3.99. The van der Waals surface area contributed by atoms with E-state index in [9.17, 15) is 9.59 Å². The number of hydrogen-bond acceptors (Lipinski definition) is 4. The van der Waals surface area contributed by atoms with Gasteiger partial charge in [0.2, 0.25) is 0 Å². The molecule has 0 atom stereocenters. The van der Waals surface area contributed by atoms with E-state index in [0.29, 0.717) is 40.9 Å². The van der Waals surface area contributed by atoms with Crippen LogP contribution < -0.4 is 5.56 Å². The maximum absolute atomic E-state index is 13.0. The number of carbonyl (C=O) groups is 1. The van der Waals surface area contributed by atoms with Gasteiger partial charge in [0, 0.05) is 44.8 Å². The van der Waals surface area contributed by atoms with Gasteiger partial charge in [-0.05, 0) is 55.4 Å². The molecule has 1 N–H and O–H groups in total. The first-order chi connectivity index (χ1) is 14.5. The molecule has 0 unspecified atom stereocenters. The van der Waals surface area contributed by atoms with Crippen molar-refractivity contribution in [2.45, 2.75) is 26.9 Å². The molecule has 2 heterocycles. The Morgan fingerprint density at radius 3 is 2.53 bits per heavy atom. The van der Waals surface area contributed by atoms with Crippen molar-refractivity contribution in [3.63, 3.8) is 0 Å². The third kappa shape index (κ3) is 3.95. The highest BCUT2D eigenvalue weighted by Gasteiger charge is 2.23. The molecule has 156 valence electrons. The minimum Gasteiger partial charge on any atom is -0.336 e. The monoisotopic (exact) mass is 422 g/mol. The van der Waals surface area contributed by atoms with Crippen LogP contribution in [0.15, 0.2) is 47.3 Å². The number of H-pyrrole nitrogens is 1. The summed E-state index contributed by atoms with van der Waals surface area (Å²) in [5, 5.41) is 0.546. The van der Waals surface area contributed by atoms with Crippen LogP contribution in [0, 0.1) is 11.7 Å². The molecule has 30 heavy (non-hydrogen) atoms. The van der Waals surface area contributed by atoms with E-state index >= 15 is 0 Å². The van der Waals surface area contributed by atoms with Crippen molar-refractivity contribution < 1.29 is 4.79 Å². The number of aryl methyl sites for hydroxylation is 1. The zero-order valence-electron chi connectivity index (χ0n) is 17.4. The largest absolute Gasteiger partial charge is 0.336 e. The second-order valence-electron chi connectivity index (χ2n) is 7.73. The summed E-state index contributed by atoms with van der Waals surface area (Å²) in [6, 6.07) is 13.6. The lowest BCUT2D eigenvalue weighted by Crippen LogP contribution is -2.48. The number of amides is 1. The number of hydrogen-bond donors (Lipinski definition) is 1. The van der Waals surface area contributed by atoms with Gasteiger partial charge in [-0.3, -0.25) is 19.1 Å². The van der Waals surface area contributed by atoms with Crippen LogP contribution in [0.25, 0.3) is 10.9 Å². The van der Waals surface area contributed by atoms with E-state index in [0.717, 1.165) is 19.6 Å². The number of nitrogens with one attached hydrogen (secondary N) is 1. The van der Waals surface area contributed by atoms with E-state index in [1.54, 1.807) is 18.2 Å². The highest BCUT2D eigenvalue weighted by Crippen LogP contribution is 2.16. The summed E-state index contributed by atoms with van der Waals surface area (Å²) >= 11 is 5.28. The number of benzene rings is 2. The molecule has 1 aliphatic heterocycles. The summed E-state index contributed by atoms with van der Waals surface area (Å²) < 4.78 is 1.90. The average molecular weight is 423 g/mol. The molecule has 1 fully saturated rings. The molecule has 0 saturated carbocycles. The SMILES string of the molecule is CCn1c(=S)[nH]c2cc(C(=O)N3CCN(Cc4ccccc4C)CC3)ccc2c1=O. The number of carbonyl (C=O) groups excluding carboxylic acids is 1. The van der Waals surface area contributed by atoms with Gasteiger partial charge in [0.15, 0.2) is 4.77 Å². The second-order valence-corrected chi connectivity index (χ2v) is 8.12. The third-order valence-corrected chi connectivity index (χ3v) is 6.18. The Balaban J connectivity index is 1.48. The highest BCUT2D eigenvalue weighted by atomic mass is 32.1. The van der Waals surface area contributed by atoms with Crippen molar-refractivity contribution in [3.05, 3.63) is 74.3 Å². The molecular weight excluding hydrogens is 396 g/mol. The summed E-state index contributed by atoms with van der Waals surface area (Å²) in [5.74, 6) is -0.00794. The maximum Gasteiger partial charge on any atom is 0.262 e. The van der Waals surface area contributed by atoms with Crippen molar-refractivity contribution >= 4 is 29.0 Å². The molecule has 1 aliphatic rings. The van der Waals surface area contributed by atoms with Gasteiger partial charge in [0.25, 0.3) is 11.5 Å². The van der Waals surface area contributed by atoms with Crippen LogP contribution in [0.2, 0.25) is 0 Å². The van der Waals surface area contributed by atoms with E-state index < -0.39 is 0 Å². The molecule has 0 aliphatic carbocycles. The summed E-state index contributed by atoms with van der Waals surface area (Å²) in [6.45, 7) is 8.51. The Hall–Kier alpha value is -2.77. The molecule has 4 rings (SSSR count). The molecule has 7 heteroatoms. The van der Waals surface area contributed by atoms with E-state index in [1.165, 1.54) is 15.7 Å². The highest BCUT2D eigenvalue weighted by molar-refractivity contribution is 7.71. The van der Waals surface area contributed by atoms with Gasteiger partial charge in [-0.1, -0.05) is 24.3 Å². The lowest BCUT2D eigenvalue weighted by atomic mass is 10.1. The van der Waals surface area contributed by atoms with Crippen molar-refractivity contribution in [2.75, 3.05) is 26.2 Å². The van der Waals surface area contributed by atoms with E-state index in [2.05, 4.69) is 41.1 Å². The van der Waals surface area contributed by atoms with E-state index in [-0.39, 0.29) is 11.5 Å². The lowest BCUT2D eigenvalue weighted by Gasteiger charge is -2.35. The van der Waals surface area contributed by atoms with Crippen LogP contribution in [0.3, 0.4) is 0 Å². The molecular formula is C23H26N4O2S. The molecule has 0 bridgehead atoms. The Kier molecular flexibility index (Phi) is 5.83. The molecule has 1 aromatic heterocycles. The molecule has 0 radical (unpaired) electrons. The lowest BCUT2D eigenvalue weighted by molar-refractivity contribution is 0.0628. The first kappa shape index (κ1) is 20.5. The first-order valence-electron chi connectivity index (χ1n) is 10.3. The molecule has 2 aromatic carbocycles. The van der Waals surface area contributed by atoms with Crippen LogP contribution >= 0.6 is 12.2 Å². The summed E-state index contributed by atoms with van der Waals surface area (Å²) in [6.07, 6.45) is 0. The average Bonchev–Trinajstić information content (AvgIpc) is 2.75. The van der Waals surface area contributed by atoms with Crippen LogP contribution in [0.5, 0.6) is 0 Å². The first-order valence-corrected chi connectivity index (χ1v) is 10.7.